The molecule has 1 heterocycles. The van der Waals surface area contributed by atoms with Crippen LogP contribution in [-0.2, 0) is 4.74 Å². The van der Waals surface area contributed by atoms with E-state index in [0.717, 1.165) is 32.4 Å². The third-order valence-electron chi connectivity index (χ3n) is 3.15. The minimum absolute atomic E-state index is 0.0733. The third kappa shape index (κ3) is 4.81. The number of carbonyl (C=O) groups excluding carboxylic acids is 1. The summed E-state index contributed by atoms with van der Waals surface area (Å²) < 4.78 is 5.16. The molecule has 0 radical (unpaired) electrons. The molecule has 1 aliphatic rings. The fourth-order valence-electron chi connectivity index (χ4n) is 2.08. The van der Waals surface area contributed by atoms with Crippen LogP contribution in [0.5, 0.6) is 0 Å². The molecule has 0 spiro atoms. The van der Waals surface area contributed by atoms with Gasteiger partial charge in [0.2, 0.25) is 0 Å². The Morgan fingerprint density at radius 2 is 2.11 bits per heavy atom. The quantitative estimate of drug-likeness (QED) is 0.348. The maximum Gasteiger partial charge on any atom is 0.410 e. The summed E-state index contributed by atoms with van der Waals surface area (Å²) in [6.07, 6.45) is 3.12. The van der Waals surface area contributed by atoms with Crippen LogP contribution >= 0.6 is 0 Å². The molecule has 0 atom stereocenters. The largest absolute Gasteiger partial charge is 0.447 e. The number of carbonyl (C=O) groups is 1. The Balaban J connectivity index is 2.26. The Morgan fingerprint density at radius 3 is 2.61 bits per heavy atom. The van der Waals surface area contributed by atoms with Crippen LogP contribution < -0.4 is 5.73 Å². The number of piperidine rings is 1. The standard InChI is InChI=1S/C12H23N3O3/c1-9(2)18-12(16)15-7-5-10(6-8-15)3-4-11(13)14-17/h9-10,17H,3-8H2,1-2H3,(H2,13,14). The first-order valence-electron chi connectivity index (χ1n) is 6.45. The van der Waals surface area contributed by atoms with E-state index in [-0.39, 0.29) is 18.0 Å². The monoisotopic (exact) mass is 257 g/mol. The van der Waals surface area contributed by atoms with E-state index < -0.39 is 0 Å². The third-order valence-corrected chi connectivity index (χ3v) is 3.15. The van der Waals surface area contributed by atoms with E-state index in [1.54, 1.807) is 4.90 Å². The molecule has 1 rings (SSSR count). The number of oxime groups is 1. The van der Waals surface area contributed by atoms with Crippen LogP contribution in [0.2, 0.25) is 0 Å². The summed E-state index contributed by atoms with van der Waals surface area (Å²) in [6, 6.07) is 0. The van der Waals surface area contributed by atoms with Gasteiger partial charge in [0, 0.05) is 19.5 Å². The lowest BCUT2D eigenvalue weighted by Crippen LogP contribution is -2.39. The minimum Gasteiger partial charge on any atom is -0.447 e. The highest BCUT2D eigenvalue weighted by Gasteiger charge is 2.24. The van der Waals surface area contributed by atoms with E-state index >= 15 is 0 Å². The molecule has 0 unspecified atom stereocenters. The van der Waals surface area contributed by atoms with Gasteiger partial charge in [-0.25, -0.2) is 4.79 Å². The van der Waals surface area contributed by atoms with Crippen LogP contribution in [0.15, 0.2) is 5.16 Å². The normalized spacial score (nSPS) is 18.2. The first kappa shape index (κ1) is 14.6. The second-order valence-corrected chi connectivity index (χ2v) is 4.99. The highest BCUT2D eigenvalue weighted by atomic mass is 16.6. The van der Waals surface area contributed by atoms with E-state index in [1.807, 2.05) is 13.8 Å². The SMILES string of the molecule is CC(C)OC(=O)N1CCC(CC/C(N)=N\O)CC1. The summed E-state index contributed by atoms with van der Waals surface area (Å²) in [4.78, 5) is 13.4. The maximum atomic E-state index is 11.7. The number of rotatable bonds is 4. The van der Waals surface area contributed by atoms with Gasteiger partial charge in [0.05, 0.1) is 6.10 Å². The van der Waals surface area contributed by atoms with E-state index in [2.05, 4.69) is 5.16 Å². The van der Waals surface area contributed by atoms with Crippen molar-refractivity contribution in [2.24, 2.45) is 16.8 Å². The second-order valence-electron chi connectivity index (χ2n) is 4.99. The highest BCUT2D eigenvalue weighted by molar-refractivity contribution is 5.79. The van der Waals surface area contributed by atoms with Crippen molar-refractivity contribution in [2.45, 2.75) is 45.6 Å². The molecule has 0 saturated carbocycles. The number of ether oxygens (including phenoxy) is 1. The average molecular weight is 257 g/mol. The number of hydrogen-bond donors (Lipinski definition) is 2. The van der Waals surface area contributed by atoms with Gasteiger partial charge in [-0.2, -0.15) is 0 Å². The topological polar surface area (TPSA) is 88.2 Å². The molecule has 6 heteroatoms. The Labute approximate surface area is 108 Å². The van der Waals surface area contributed by atoms with Crippen molar-refractivity contribution in [3.05, 3.63) is 0 Å². The number of hydrogen-bond acceptors (Lipinski definition) is 4. The fraction of sp³-hybridized carbons (Fsp3) is 0.833. The Morgan fingerprint density at radius 1 is 1.50 bits per heavy atom. The first-order chi connectivity index (χ1) is 8.52. The number of amidine groups is 1. The molecule has 0 aliphatic carbocycles. The molecule has 1 aliphatic heterocycles. The maximum absolute atomic E-state index is 11.7. The van der Waals surface area contributed by atoms with Crippen LogP contribution in [0.1, 0.15) is 39.5 Å². The predicted octanol–water partition coefficient (Wildman–Crippen LogP) is 1.77. The fourth-order valence-corrected chi connectivity index (χ4v) is 2.08. The van der Waals surface area contributed by atoms with E-state index in [4.69, 9.17) is 15.7 Å². The van der Waals surface area contributed by atoms with Crippen LogP contribution in [0.3, 0.4) is 0 Å². The van der Waals surface area contributed by atoms with Gasteiger partial charge < -0.3 is 20.6 Å². The molecule has 1 saturated heterocycles. The molecule has 1 fully saturated rings. The van der Waals surface area contributed by atoms with Gasteiger partial charge in [-0.1, -0.05) is 5.16 Å². The molecule has 3 N–H and O–H groups in total. The van der Waals surface area contributed by atoms with E-state index in [1.165, 1.54) is 0 Å². The van der Waals surface area contributed by atoms with Crippen LogP contribution in [0, 0.1) is 5.92 Å². The van der Waals surface area contributed by atoms with Gasteiger partial charge >= 0.3 is 6.09 Å². The minimum atomic E-state index is -0.222. The summed E-state index contributed by atoms with van der Waals surface area (Å²) in [7, 11) is 0. The van der Waals surface area contributed by atoms with Crippen LogP contribution in [0.25, 0.3) is 0 Å². The Hall–Kier alpha value is -1.46. The molecule has 0 aromatic heterocycles. The van der Waals surface area contributed by atoms with Crippen molar-refractivity contribution >= 4 is 11.9 Å². The zero-order valence-electron chi connectivity index (χ0n) is 11.1. The van der Waals surface area contributed by atoms with E-state index in [0.29, 0.717) is 12.3 Å². The molecular formula is C12H23N3O3. The molecule has 0 aromatic carbocycles. The van der Waals surface area contributed by atoms with Gasteiger partial charge in [0.25, 0.3) is 0 Å². The summed E-state index contributed by atoms with van der Waals surface area (Å²) in [5, 5.41) is 11.4. The Kier molecular flexibility index (Phi) is 5.74. The lowest BCUT2D eigenvalue weighted by Gasteiger charge is -2.31. The number of nitrogens with zero attached hydrogens (tertiary/aromatic N) is 2. The lowest BCUT2D eigenvalue weighted by atomic mass is 9.92. The number of nitrogens with two attached hydrogens (primary N) is 1. The summed E-state index contributed by atoms with van der Waals surface area (Å²) in [5.41, 5.74) is 5.44. The molecule has 6 nitrogen and oxygen atoms in total. The lowest BCUT2D eigenvalue weighted by molar-refractivity contribution is 0.0649. The smallest absolute Gasteiger partial charge is 0.410 e. The molecule has 0 aromatic rings. The average Bonchev–Trinajstić information content (AvgIpc) is 2.35. The summed E-state index contributed by atoms with van der Waals surface area (Å²) >= 11 is 0. The second kappa shape index (κ2) is 7.08. The van der Waals surface area contributed by atoms with Crippen molar-refractivity contribution < 1.29 is 14.7 Å². The zero-order valence-corrected chi connectivity index (χ0v) is 11.1. The zero-order chi connectivity index (χ0) is 13.5. The van der Waals surface area contributed by atoms with Gasteiger partial charge in [-0.3, -0.25) is 0 Å². The van der Waals surface area contributed by atoms with Gasteiger partial charge in [-0.15, -0.1) is 0 Å². The summed E-state index contributed by atoms with van der Waals surface area (Å²) in [5.74, 6) is 0.810. The predicted molar refractivity (Wildman–Crippen MR) is 68.6 cm³/mol. The van der Waals surface area contributed by atoms with Crippen molar-refractivity contribution in [1.29, 1.82) is 0 Å². The molecular weight excluding hydrogens is 234 g/mol. The van der Waals surface area contributed by atoms with Gasteiger partial charge in [0.15, 0.2) is 0 Å². The van der Waals surface area contributed by atoms with Gasteiger partial charge in [-0.05, 0) is 39.0 Å². The van der Waals surface area contributed by atoms with E-state index in [9.17, 15) is 4.79 Å². The molecule has 18 heavy (non-hydrogen) atoms. The number of amides is 1. The van der Waals surface area contributed by atoms with Crippen LogP contribution in [-0.4, -0.2) is 41.2 Å². The Bertz CT molecular complexity index is 297. The van der Waals surface area contributed by atoms with Gasteiger partial charge in [0.1, 0.15) is 5.84 Å². The summed E-state index contributed by atoms with van der Waals surface area (Å²) in [6.45, 7) is 5.15. The number of likely N-dealkylation sites (tertiary alicyclic amines) is 1. The van der Waals surface area contributed by atoms with Crippen LogP contribution in [0.4, 0.5) is 4.79 Å². The van der Waals surface area contributed by atoms with Crippen molar-refractivity contribution in [2.75, 3.05) is 13.1 Å². The van der Waals surface area contributed by atoms with Crippen molar-refractivity contribution in [1.82, 2.24) is 4.90 Å². The molecule has 1 amide bonds. The van der Waals surface area contributed by atoms with Crippen molar-refractivity contribution in [3.63, 3.8) is 0 Å². The first-order valence-corrected chi connectivity index (χ1v) is 6.45. The highest BCUT2D eigenvalue weighted by Crippen LogP contribution is 2.22. The van der Waals surface area contributed by atoms with Crippen molar-refractivity contribution in [3.8, 4) is 0 Å². The molecule has 104 valence electrons. The molecule has 0 bridgehead atoms.